The summed E-state index contributed by atoms with van der Waals surface area (Å²) in [6.07, 6.45) is 21.0. The molecule has 2 amide bonds. The monoisotopic (exact) mass is 620 g/mol. The van der Waals surface area contributed by atoms with Crippen molar-refractivity contribution in [1.82, 2.24) is 10.6 Å². The van der Waals surface area contributed by atoms with E-state index in [-0.39, 0.29) is 18.4 Å². The van der Waals surface area contributed by atoms with E-state index in [9.17, 15) is 19.5 Å². The van der Waals surface area contributed by atoms with Crippen molar-refractivity contribution in [3.05, 3.63) is 0 Å². The number of rotatable bonds is 19. The molecule has 3 aliphatic rings. The second-order valence-electron chi connectivity index (χ2n) is 15.4. The SMILES string of the molecule is CCCCCCCCCCCCCC1(C(=O)NC2(C(CNC(=O)C3OC(C)(C)OCC3(C)C)C(=O)O)CCCC2)CCCC1. The molecule has 2 atom stereocenters. The van der Waals surface area contributed by atoms with Crippen molar-refractivity contribution in [3.63, 3.8) is 0 Å². The number of unbranched alkanes of at least 4 members (excludes halogenated alkanes) is 10. The molecule has 1 heterocycles. The van der Waals surface area contributed by atoms with Crippen molar-refractivity contribution >= 4 is 17.8 Å². The molecule has 44 heavy (non-hydrogen) atoms. The first kappa shape index (κ1) is 36.8. The Morgan fingerprint density at radius 3 is 1.86 bits per heavy atom. The fourth-order valence-corrected chi connectivity index (χ4v) is 7.83. The molecular formula is C36H64N2O6. The Morgan fingerprint density at radius 1 is 0.795 bits per heavy atom. The molecule has 3 rings (SSSR count). The van der Waals surface area contributed by atoms with Crippen LogP contribution in [0.4, 0.5) is 0 Å². The van der Waals surface area contributed by atoms with Gasteiger partial charge in [-0.2, -0.15) is 0 Å². The number of carboxylic acids is 1. The van der Waals surface area contributed by atoms with Crippen LogP contribution in [0.2, 0.25) is 0 Å². The zero-order valence-electron chi connectivity index (χ0n) is 28.7. The molecule has 0 bridgehead atoms. The predicted octanol–water partition coefficient (Wildman–Crippen LogP) is 7.67. The number of carbonyl (C=O) groups is 3. The number of carbonyl (C=O) groups excluding carboxylic acids is 2. The molecule has 0 radical (unpaired) electrons. The van der Waals surface area contributed by atoms with Gasteiger partial charge in [0.25, 0.3) is 0 Å². The van der Waals surface area contributed by atoms with Gasteiger partial charge in [0.05, 0.1) is 18.1 Å². The number of amides is 2. The van der Waals surface area contributed by atoms with Crippen molar-refractivity contribution in [3.8, 4) is 0 Å². The third-order valence-electron chi connectivity index (χ3n) is 10.7. The molecule has 2 unspecified atom stereocenters. The van der Waals surface area contributed by atoms with Crippen LogP contribution in [0.15, 0.2) is 0 Å². The lowest BCUT2D eigenvalue weighted by atomic mass is 9.76. The maximum atomic E-state index is 14.1. The van der Waals surface area contributed by atoms with Gasteiger partial charge in [-0.25, -0.2) is 0 Å². The summed E-state index contributed by atoms with van der Waals surface area (Å²) in [4.78, 5) is 40.2. The summed E-state index contributed by atoms with van der Waals surface area (Å²) < 4.78 is 11.7. The van der Waals surface area contributed by atoms with Gasteiger partial charge in [-0.3, -0.25) is 14.4 Å². The molecule has 0 spiro atoms. The lowest BCUT2D eigenvalue weighted by Crippen LogP contribution is -2.61. The summed E-state index contributed by atoms with van der Waals surface area (Å²) in [6.45, 7) is 9.96. The summed E-state index contributed by atoms with van der Waals surface area (Å²) in [5.41, 5.74) is -1.80. The number of nitrogens with one attached hydrogen (secondary N) is 2. The zero-order valence-corrected chi connectivity index (χ0v) is 28.7. The van der Waals surface area contributed by atoms with Gasteiger partial charge in [-0.15, -0.1) is 0 Å². The third-order valence-corrected chi connectivity index (χ3v) is 10.7. The molecule has 1 saturated heterocycles. The molecule has 0 aromatic carbocycles. The zero-order chi connectivity index (χ0) is 32.3. The molecule has 2 saturated carbocycles. The van der Waals surface area contributed by atoms with E-state index in [1.54, 1.807) is 13.8 Å². The number of carboxylic acid groups (broad SMARTS) is 1. The van der Waals surface area contributed by atoms with Crippen molar-refractivity contribution in [1.29, 1.82) is 0 Å². The highest BCUT2D eigenvalue weighted by Crippen LogP contribution is 2.45. The molecule has 254 valence electrons. The van der Waals surface area contributed by atoms with E-state index in [1.807, 2.05) is 13.8 Å². The van der Waals surface area contributed by atoms with E-state index >= 15 is 0 Å². The minimum Gasteiger partial charge on any atom is -0.481 e. The Balaban J connectivity index is 1.56. The van der Waals surface area contributed by atoms with Crippen LogP contribution in [0.3, 0.4) is 0 Å². The van der Waals surface area contributed by atoms with E-state index in [2.05, 4.69) is 17.6 Å². The first-order valence-electron chi connectivity index (χ1n) is 18.0. The van der Waals surface area contributed by atoms with E-state index in [0.29, 0.717) is 19.4 Å². The number of hydrogen-bond donors (Lipinski definition) is 3. The van der Waals surface area contributed by atoms with Crippen LogP contribution in [0, 0.1) is 16.7 Å². The molecule has 1 aliphatic heterocycles. The summed E-state index contributed by atoms with van der Waals surface area (Å²) in [5.74, 6) is -3.08. The first-order valence-corrected chi connectivity index (χ1v) is 18.0. The topological polar surface area (TPSA) is 114 Å². The van der Waals surface area contributed by atoms with Crippen molar-refractivity contribution in [2.75, 3.05) is 13.2 Å². The normalized spacial score (nSPS) is 24.1. The molecule has 0 aromatic heterocycles. The molecule has 2 aliphatic carbocycles. The minimum absolute atomic E-state index is 0.0391. The summed E-state index contributed by atoms with van der Waals surface area (Å²) in [5, 5.41) is 16.7. The highest BCUT2D eigenvalue weighted by molar-refractivity contribution is 5.85. The molecule has 8 heteroatoms. The van der Waals surface area contributed by atoms with Gasteiger partial charge in [0.2, 0.25) is 11.8 Å². The van der Waals surface area contributed by atoms with Crippen LogP contribution in [0.5, 0.6) is 0 Å². The van der Waals surface area contributed by atoms with Crippen molar-refractivity contribution in [2.45, 2.75) is 180 Å². The van der Waals surface area contributed by atoms with Gasteiger partial charge in [-0.1, -0.05) is 117 Å². The van der Waals surface area contributed by atoms with Crippen molar-refractivity contribution in [2.24, 2.45) is 16.7 Å². The standard InChI is InChI=1S/C36H64N2O6/c1-6-7-8-9-10-11-12-13-14-15-16-21-35(22-17-18-23-35)32(42)38-36(24-19-20-25-36)28(31(40)41)26-37-30(39)29-33(2,3)27-43-34(4,5)44-29/h28-29H,6-27H2,1-5H3,(H,37,39)(H,38,42)(H,40,41). The van der Waals surface area contributed by atoms with Gasteiger partial charge < -0.3 is 25.2 Å². The van der Waals surface area contributed by atoms with Gasteiger partial charge in [0.15, 0.2) is 5.79 Å². The minimum atomic E-state index is -0.981. The highest BCUT2D eigenvalue weighted by atomic mass is 16.7. The molecule has 8 nitrogen and oxygen atoms in total. The van der Waals surface area contributed by atoms with Gasteiger partial charge in [0, 0.05) is 17.4 Å². The lowest BCUT2D eigenvalue weighted by molar-refractivity contribution is -0.304. The Labute approximate surface area is 267 Å². The van der Waals surface area contributed by atoms with Gasteiger partial charge in [0.1, 0.15) is 6.10 Å². The second-order valence-corrected chi connectivity index (χ2v) is 15.4. The summed E-state index contributed by atoms with van der Waals surface area (Å²) in [6, 6.07) is 0. The lowest BCUT2D eigenvalue weighted by Gasteiger charge is -2.45. The molecular weight excluding hydrogens is 556 g/mol. The number of ether oxygens (including phenoxy) is 2. The fourth-order valence-electron chi connectivity index (χ4n) is 7.83. The third kappa shape index (κ3) is 10.2. The smallest absolute Gasteiger partial charge is 0.310 e. The highest BCUT2D eigenvalue weighted by Gasteiger charge is 2.51. The maximum Gasteiger partial charge on any atom is 0.310 e. The maximum absolute atomic E-state index is 14.1. The van der Waals surface area contributed by atoms with E-state index in [4.69, 9.17) is 9.47 Å². The largest absolute Gasteiger partial charge is 0.481 e. The Bertz CT molecular complexity index is 920. The average Bonchev–Trinajstić information content (AvgIpc) is 3.64. The Kier molecular flexibility index (Phi) is 14.0. The first-order chi connectivity index (χ1) is 20.9. The molecule has 3 fully saturated rings. The predicted molar refractivity (Wildman–Crippen MR) is 174 cm³/mol. The molecule has 0 aromatic rings. The van der Waals surface area contributed by atoms with Gasteiger partial charge in [-0.05, 0) is 46.0 Å². The van der Waals surface area contributed by atoms with Gasteiger partial charge >= 0.3 is 5.97 Å². The van der Waals surface area contributed by atoms with E-state index in [0.717, 1.165) is 57.8 Å². The van der Waals surface area contributed by atoms with Crippen LogP contribution < -0.4 is 10.6 Å². The quantitative estimate of drug-likeness (QED) is 0.128. The second kappa shape index (κ2) is 16.8. The fraction of sp³-hybridized carbons (Fsp3) is 0.917. The average molecular weight is 621 g/mol. The van der Waals surface area contributed by atoms with E-state index < -0.39 is 40.1 Å². The van der Waals surface area contributed by atoms with Crippen LogP contribution in [-0.2, 0) is 23.9 Å². The van der Waals surface area contributed by atoms with E-state index in [1.165, 1.54) is 57.8 Å². The Morgan fingerprint density at radius 2 is 1.32 bits per heavy atom. The summed E-state index contributed by atoms with van der Waals surface area (Å²) >= 11 is 0. The van der Waals surface area contributed by atoms with Crippen molar-refractivity contribution < 1.29 is 29.0 Å². The summed E-state index contributed by atoms with van der Waals surface area (Å²) in [7, 11) is 0. The van der Waals surface area contributed by atoms with Crippen LogP contribution >= 0.6 is 0 Å². The van der Waals surface area contributed by atoms with Crippen LogP contribution in [0.25, 0.3) is 0 Å². The Hall–Kier alpha value is -1.67. The molecule has 3 N–H and O–H groups in total. The van der Waals surface area contributed by atoms with Crippen LogP contribution in [0.1, 0.15) is 163 Å². The number of aliphatic carboxylic acids is 1. The van der Waals surface area contributed by atoms with Crippen LogP contribution in [-0.4, -0.2) is 53.5 Å². The number of hydrogen-bond acceptors (Lipinski definition) is 5.